The first-order valence-electron chi connectivity index (χ1n) is 10.0. The van der Waals surface area contributed by atoms with Crippen LogP contribution in [0.15, 0.2) is 42.6 Å². The molecule has 6 nitrogen and oxygen atoms in total. The number of hydrogen-bond donors (Lipinski definition) is 1. The number of unbranched alkanes of at least 4 members (excludes halogenated alkanes) is 3. The molecule has 0 fully saturated rings. The monoisotopic (exact) mass is 403 g/mol. The number of aldehydes is 1. The summed E-state index contributed by atoms with van der Waals surface area (Å²) < 4.78 is 5.32. The van der Waals surface area contributed by atoms with Crippen LogP contribution in [0.2, 0.25) is 0 Å². The van der Waals surface area contributed by atoms with E-state index in [-0.39, 0.29) is 5.92 Å². The topological polar surface area (TPSA) is 97.7 Å². The summed E-state index contributed by atoms with van der Waals surface area (Å²) in [4.78, 5) is 14.4. The van der Waals surface area contributed by atoms with E-state index in [1.165, 1.54) is 31.9 Å². The highest BCUT2D eigenvalue weighted by molar-refractivity contribution is 5.97. The van der Waals surface area contributed by atoms with Gasteiger partial charge in [0.2, 0.25) is 0 Å². The average Bonchev–Trinajstić information content (AvgIpc) is 2.76. The fourth-order valence-corrected chi connectivity index (χ4v) is 2.29. The zero-order valence-electron chi connectivity index (χ0n) is 18.2. The second-order valence-electron chi connectivity index (χ2n) is 6.00. The van der Waals surface area contributed by atoms with Crippen LogP contribution in [0.3, 0.4) is 0 Å². The fraction of sp³-hybridized carbons (Fsp3) is 0.522. The Labute approximate surface area is 176 Å². The molecule has 0 aliphatic rings. The van der Waals surface area contributed by atoms with E-state index < -0.39 is 0 Å². The minimum absolute atomic E-state index is 0.389. The zero-order chi connectivity index (χ0) is 22.3. The molecule has 0 bridgehead atoms. The molecular formula is C23H37N3O3. The van der Waals surface area contributed by atoms with Crippen LogP contribution in [0, 0.1) is 17.2 Å². The van der Waals surface area contributed by atoms with E-state index in [0.717, 1.165) is 31.6 Å². The summed E-state index contributed by atoms with van der Waals surface area (Å²) in [6, 6.07) is 10.0. The molecule has 1 aromatic carbocycles. The first-order chi connectivity index (χ1) is 14.1. The first kappa shape index (κ1) is 28.6. The maximum Gasteiger partial charge on any atom is 0.170 e. The second-order valence-corrected chi connectivity index (χ2v) is 6.00. The van der Waals surface area contributed by atoms with Gasteiger partial charge in [0.05, 0.1) is 6.07 Å². The van der Waals surface area contributed by atoms with E-state index in [0.29, 0.717) is 18.5 Å². The fourth-order valence-electron chi connectivity index (χ4n) is 2.29. The van der Waals surface area contributed by atoms with Crippen LogP contribution in [0.1, 0.15) is 57.1 Å². The molecule has 2 N–H and O–H groups in total. The van der Waals surface area contributed by atoms with Crippen LogP contribution in [-0.2, 0) is 20.8 Å². The van der Waals surface area contributed by atoms with Crippen LogP contribution in [0.5, 0.6) is 0 Å². The van der Waals surface area contributed by atoms with Crippen LogP contribution < -0.4 is 5.73 Å². The summed E-state index contributed by atoms with van der Waals surface area (Å²) in [7, 11) is 1.50. The molecule has 0 radical (unpaired) electrons. The van der Waals surface area contributed by atoms with Gasteiger partial charge in [-0.05, 0) is 44.2 Å². The van der Waals surface area contributed by atoms with Crippen LogP contribution in [-0.4, -0.2) is 32.4 Å². The minimum atomic E-state index is -0.389. The number of carbonyl (C=O) groups is 1. The lowest BCUT2D eigenvalue weighted by Crippen LogP contribution is -2.13. The Balaban J connectivity index is 0. The standard InChI is InChI=1S/C16H26N2O2.C5H7NO.C2H4/c1-3-20-12-7-5-4-6-9-14-10-8-11-15(13-14)16(17)18-19-2;1-2-5(3-6)4-7;1-2/h8,10-11,13H,3-7,9,12H2,1-2H3,(H2,17,18);4-5H,2H2,1H3;1-2H2. The maximum absolute atomic E-state index is 9.74. The number of nitrogens with zero attached hydrogens (tertiary/aromatic N) is 2. The molecule has 0 heterocycles. The molecule has 1 atom stereocenters. The summed E-state index contributed by atoms with van der Waals surface area (Å²) in [5, 5.41) is 11.8. The molecule has 0 aliphatic heterocycles. The number of benzene rings is 1. The predicted molar refractivity (Wildman–Crippen MR) is 120 cm³/mol. The highest BCUT2D eigenvalue weighted by atomic mass is 16.6. The van der Waals surface area contributed by atoms with Gasteiger partial charge in [0.25, 0.3) is 0 Å². The largest absolute Gasteiger partial charge is 0.397 e. The predicted octanol–water partition coefficient (Wildman–Crippen LogP) is 4.63. The van der Waals surface area contributed by atoms with Crippen LogP contribution in [0.25, 0.3) is 0 Å². The number of nitriles is 1. The van der Waals surface area contributed by atoms with Gasteiger partial charge in [0.15, 0.2) is 5.84 Å². The highest BCUT2D eigenvalue weighted by Crippen LogP contribution is 2.10. The van der Waals surface area contributed by atoms with Gasteiger partial charge in [0, 0.05) is 18.8 Å². The van der Waals surface area contributed by atoms with Gasteiger partial charge >= 0.3 is 0 Å². The summed E-state index contributed by atoms with van der Waals surface area (Å²) >= 11 is 0. The third kappa shape index (κ3) is 16.0. The third-order valence-corrected chi connectivity index (χ3v) is 3.89. The van der Waals surface area contributed by atoms with Gasteiger partial charge < -0.3 is 20.1 Å². The van der Waals surface area contributed by atoms with E-state index in [9.17, 15) is 4.79 Å². The highest BCUT2D eigenvalue weighted by Gasteiger charge is 2.01. The van der Waals surface area contributed by atoms with Crippen molar-refractivity contribution in [3.8, 4) is 6.07 Å². The van der Waals surface area contributed by atoms with Crippen molar-refractivity contribution in [2.45, 2.75) is 52.4 Å². The summed E-state index contributed by atoms with van der Waals surface area (Å²) in [5.74, 6) is 0.0334. The summed E-state index contributed by atoms with van der Waals surface area (Å²) in [6.07, 6.45) is 7.17. The molecule has 6 heteroatoms. The van der Waals surface area contributed by atoms with Crippen molar-refractivity contribution in [2.75, 3.05) is 20.3 Å². The van der Waals surface area contributed by atoms with Crippen molar-refractivity contribution >= 4 is 12.1 Å². The van der Waals surface area contributed by atoms with E-state index in [1.807, 2.05) is 32.0 Å². The minimum Gasteiger partial charge on any atom is -0.397 e. The quantitative estimate of drug-likeness (QED) is 0.137. The molecule has 29 heavy (non-hydrogen) atoms. The van der Waals surface area contributed by atoms with Crippen molar-refractivity contribution in [1.82, 2.24) is 0 Å². The van der Waals surface area contributed by atoms with Gasteiger partial charge in [0.1, 0.15) is 19.3 Å². The van der Waals surface area contributed by atoms with E-state index >= 15 is 0 Å². The Bertz CT molecular complexity index is 597. The SMILES string of the molecule is C=C.CCC(C#N)C=O.CCOCCCCCCc1cccc(/C(N)=N/OC)c1. The summed E-state index contributed by atoms with van der Waals surface area (Å²) in [5.41, 5.74) is 8.02. The molecule has 1 aromatic rings. The Hall–Kier alpha value is -2.65. The Kier molecular flexibility index (Phi) is 21.3. The lowest BCUT2D eigenvalue weighted by atomic mass is 10.0. The van der Waals surface area contributed by atoms with Gasteiger partial charge in [-0.25, -0.2) is 0 Å². The zero-order valence-corrected chi connectivity index (χ0v) is 18.2. The Morgan fingerprint density at radius 1 is 1.28 bits per heavy atom. The molecule has 0 spiro atoms. The summed E-state index contributed by atoms with van der Waals surface area (Å²) in [6.45, 7) is 11.5. The average molecular weight is 404 g/mol. The number of nitrogens with two attached hydrogens (primary N) is 1. The van der Waals surface area contributed by atoms with Gasteiger partial charge in [-0.3, -0.25) is 0 Å². The van der Waals surface area contributed by atoms with Crippen molar-refractivity contribution < 1.29 is 14.4 Å². The number of hydrogen-bond acceptors (Lipinski definition) is 5. The lowest BCUT2D eigenvalue weighted by Gasteiger charge is -2.05. The molecule has 1 unspecified atom stereocenters. The number of ether oxygens (including phenoxy) is 1. The molecule has 162 valence electrons. The number of amidine groups is 1. The molecule has 0 amide bonds. The number of oxime groups is 1. The Morgan fingerprint density at radius 2 is 1.97 bits per heavy atom. The normalized spacial score (nSPS) is 11.0. The maximum atomic E-state index is 9.74. The number of rotatable bonds is 12. The molecule has 0 aromatic heterocycles. The van der Waals surface area contributed by atoms with Crippen molar-refractivity contribution in [2.24, 2.45) is 16.8 Å². The molecular weight excluding hydrogens is 366 g/mol. The molecule has 0 saturated carbocycles. The van der Waals surface area contributed by atoms with Crippen molar-refractivity contribution in [3.05, 3.63) is 48.6 Å². The van der Waals surface area contributed by atoms with E-state index in [4.69, 9.17) is 20.6 Å². The van der Waals surface area contributed by atoms with Gasteiger partial charge in [-0.2, -0.15) is 5.26 Å². The smallest absolute Gasteiger partial charge is 0.170 e. The molecule has 0 aliphatic carbocycles. The van der Waals surface area contributed by atoms with Crippen molar-refractivity contribution in [1.29, 1.82) is 5.26 Å². The van der Waals surface area contributed by atoms with Gasteiger partial charge in [-0.1, -0.05) is 43.1 Å². The third-order valence-electron chi connectivity index (χ3n) is 3.89. The Morgan fingerprint density at radius 3 is 2.48 bits per heavy atom. The van der Waals surface area contributed by atoms with Crippen LogP contribution in [0.4, 0.5) is 0 Å². The van der Waals surface area contributed by atoms with Gasteiger partial charge in [-0.15, -0.1) is 13.2 Å². The van der Waals surface area contributed by atoms with Crippen molar-refractivity contribution in [3.63, 3.8) is 0 Å². The molecule has 0 saturated heterocycles. The number of carbonyl (C=O) groups excluding carboxylic acids is 1. The lowest BCUT2D eigenvalue weighted by molar-refractivity contribution is -0.109. The van der Waals surface area contributed by atoms with Crippen LogP contribution >= 0.6 is 0 Å². The number of aryl methyl sites for hydroxylation is 1. The van der Waals surface area contributed by atoms with E-state index in [2.05, 4.69) is 30.4 Å². The van der Waals surface area contributed by atoms with E-state index in [1.54, 1.807) is 0 Å². The second kappa shape index (κ2) is 21.6. The molecule has 1 rings (SSSR count). The first-order valence-corrected chi connectivity index (χ1v) is 10.0.